The molecule has 0 unspecified atom stereocenters. The smallest absolute Gasteiger partial charge is 0.175 e. The van der Waals surface area contributed by atoms with Crippen LogP contribution in [0.4, 0.5) is 8.78 Å². The number of sulfone groups is 2. The standard InChI is InChI=1S/2C12H15N.2C12H18O2S.C11H12FN.C11H15F.2C11H16.CH4/c2*1-9-5-6-11(12(2,3)4)10(7-9)8-13;2*1-9-6-7-10(12(2,3)4)11(8-9)15(5,13)14;1-11(2,3)9-5-4-8(7-13)6-10(9)12;1-8-5-6-9(10(12)7-8)11(2,3)4;1-9-5-7-10(8-6-9)11(2,3)4;1-9-7-5-6-8-10(9)11(2,3)4;/h2*5-7H,1-4H3;2*6-8H,1-5H3;4-6H,1-3H3;5-7H,1-4H3;2*5-8H,1-4H3;1H4. The van der Waals surface area contributed by atoms with Gasteiger partial charge in [-0.15, -0.1) is 0 Å². The zero-order valence-electron chi connectivity index (χ0n) is 69.1. The number of benzene rings is 8. The lowest BCUT2D eigenvalue weighted by Crippen LogP contribution is -2.16. The molecule has 0 amide bonds. The minimum atomic E-state index is -3.14. The van der Waals surface area contributed by atoms with Crippen LogP contribution in [0.15, 0.2) is 168 Å². The monoisotopic (exact) mass is 1450 g/mol. The molecule has 8 aromatic carbocycles. The normalized spacial score (nSPS) is 11.7. The summed E-state index contributed by atoms with van der Waals surface area (Å²) in [5, 5.41) is 26.5. The Morgan fingerprint density at radius 1 is 0.288 bits per heavy atom. The highest BCUT2D eigenvalue weighted by Gasteiger charge is 2.26. The number of hydrogen-bond donors (Lipinski definition) is 0. The topological polar surface area (TPSA) is 140 Å². The van der Waals surface area contributed by atoms with Gasteiger partial charge in [0.1, 0.15) is 11.6 Å². The molecule has 8 aromatic rings. The molecule has 566 valence electrons. The molecule has 0 bridgehead atoms. The molecule has 0 aliphatic carbocycles. The van der Waals surface area contributed by atoms with Crippen LogP contribution in [0.3, 0.4) is 0 Å². The Kier molecular flexibility index (Phi) is 35.8. The van der Waals surface area contributed by atoms with E-state index in [4.69, 9.17) is 15.8 Å². The van der Waals surface area contributed by atoms with Crippen molar-refractivity contribution in [1.29, 1.82) is 15.8 Å². The Bertz CT molecular complexity index is 4300. The summed E-state index contributed by atoms with van der Waals surface area (Å²) in [4.78, 5) is 0.907. The molecule has 0 fully saturated rings. The predicted molar refractivity (Wildman–Crippen MR) is 441 cm³/mol. The molecule has 0 aromatic heterocycles. The van der Waals surface area contributed by atoms with E-state index in [1.165, 1.54) is 40.8 Å². The first kappa shape index (κ1) is 96.0. The van der Waals surface area contributed by atoms with E-state index in [9.17, 15) is 25.6 Å². The molecule has 0 saturated carbocycles. The van der Waals surface area contributed by atoms with Crippen LogP contribution in [-0.4, -0.2) is 29.3 Å². The van der Waals surface area contributed by atoms with Gasteiger partial charge >= 0.3 is 0 Å². The number of nitriles is 3. The molecule has 0 heterocycles. The average molecular weight is 1460 g/mol. The second kappa shape index (κ2) is 38.8. The highest BCUT2D eigenvalue weighted by Crippen LogP contribution is 2.34. The summed E-state index contributed by atoms with van der Waals surface area (Å²) in [6.07, 6.45) is 2.52. The molecular weight excluding hydrogens is 1330 g/mol. The van der Waals surface area contributed by atoms with Gasteiger partial charge in [-0.05, 0) is 212 Å². The minimum Gasteiger partial charge on any atom is -0.224 e. The molecule has 0 saturated heterocycles. The van der Waals surface area contributed by atoms with Gasteiger partial charge in [0.05, 0.1) is 44.7 Å². The lowest BCUT2D eigenvalue weighted by molar-refractivity contribution is 0.522. The summed E-state index contributed by atoms with van der Waals surface area (Å²) in [6, 6.07) is 57.0. The van der Waals surface area contributed by atoms with Crippen LogP contribution in [0, 0.1) is 94.1 Å². The van der Waals surface area contributed by atoms with Crippen molar-refractivity contribution in [2.45, 2.75) is 275 Å². The zero-order valence-corrected chi connectivity index (χ0v) is 70.7. The molecule has 0 N–H and O–H groups in total. The van der Waals surface area contributed by atoms with Crippen molar-refractivity contribution in [1.82, 2.24) is 0 Å². The van der Waals surface area contributed by atoms with Crippen molar-refractivity contribution in [3.05, 3.63) is 270 Å². The van der Waals surface area contributed by atoms with Crippen LogP contribution in [0.5, 0.6) is 0 Å². The lowest BCUT2D eigenvalue weighted by Gasteiger charge is -2.22. The number of rotatable bonds is 2. The maximum Gasteiger partial charge on any atom is 0.175 e. The van der Waals surface area contributed by atoms with Crippen LogP contribution >= 0.6 is 0 Å². The van der Waals surface area contributed by atoms with E-state index in [1.807, 2.05) is 184 Å². The van der Waals surface area contributed by atoms with Crippen LogP contribution in [0.25, 0.3) is 0 Å². The van der Waals surface area contributed by atoms with E-state index in [0.29, 0.717) is 20.9 Å². The van der Waals surface area contributed by atoms with Crippen LogP contribution < -0.4 is 0 Å². The fourth-order valence-electron chi connectivity index (χ4n) is 10.8. The number of aryl methyl sites for hydroxylation is 7. The number of halogens is 2. The van der Waals surface area contributed by atoms with E-state index < -0.39 is 19.7 Å². The second-order valence-electron chi connectivity index (χ2n) is 35.3. The molecule has 0 aliphatic rings. The molecule has 104 heavy (non-hydrogen) atoms. The SMILES string of the molecule is C.CC(C)(C)c1ccc(C#N)cc1F.Cc1ccc(C(C)(C)C)c(C#N)c1.Cc1ccc(C(C)(C)C)c(C#N)c1.Cc1ccc(C(C)(C)C)c(F)c1.Cc1ccc(C(C)(C)C)c(S(C)(=O)=O)c1.Cc1ccc(C(C)(C)C)c(S(C)(=O)=O)c1.Cc1ccc(C(C)(C)C)cc1.Cc1ccccc1C(C)(C)C. The fourth-order valence-corrected chi connectivity index (χ4v) is 13.2. The van der Waals surface area contributed by atoms with Crippen molar-refractivity contribution in [2.24, 2.45) is 0 Å². The van der Waals surface area contributed by atoms with Crippen molar-refractivity contribution in [3.8, 4) is 18.2 Å². The third kappa shape index (κ3) is 33.0. The number of nitrogens with zero attached hydrogens (tertiary/aromatic N) is 3. The van der Waals surface area contributed by atoms with Crippen LogP contribution in [0.2, 0.25) is 0 Å². The molecule has 0 atom stereocenters. The van der Waals surface area contributed by atoms with Gasteiger partial charge in [-0.2, -0.15) is 15.8 Å². The maximum absolute atomic E-state index is 13.4. The summed E-state index contributed by atoms with van der Waals surface area (Å²) in [6.45, 7) is 64.2. The van der Waals surface area contributed by atoms with E-state index in [2.05, 4.69) is 170 Å². The van der Waals surface area contributed by atoms with Crippen molar-refractivity contribution in [2.75, 3.05) is 12.5 Å². The minimum absolute atomic E-state index is 0. The summed E-state index contributed by atoms with van der Waals surface area (Å²) >= 11 is 0. The van der Waals surface area contributed by atoms with Crippen LogP contribution in [-0.2, 0) is 63.0 Å². The molecule has 0 aliphatic heterocycles. The van der Waals surface area contributed by atoms with Crippen molar-refractivity contribution < 1.29 is 25.6 Å². The zero-order chi connectivity index (χ0) is 80.2. The molecule has 11 heteroatoms. The van der Waals surface area contributed by atoms with E-state index >= 15 is 0 Å². The third-order valence-corrected chi connectivity index (χ3v) is 18.9. The highest BCUT2D eigenvalue weighted by atomic mass is 32.2. The molecule has 7 nitrogen and oxygen atoms in total. The first-order valence-corrected chi connectivity index (χ1v) is 39.0. The van der Waals surface area contributed by atoms with E-state index in [-0.39, 0.29) is 62.4 Å². The van der Waals surface area contributed by atoms with E-state index in [0.717, 1.165) is 66.8 Å². The Hall–Kier alpha value is -8.01. The first-order valence-electron chi connectivity index (χ1n) is 35.3. The van der Waals surface area contributed by atoms with Gasteiger partial charge in [0, 0.05) is 12.5 Å². The second-order valence-corrected chi connectivity index (χ2v) is 39.3. The fraction of sp³-hybridized carbons (Fsp3) is 0.452. The summed E-state index contributed by atoms with van der Waals surface area (Å²) in [5.74, 6) is -0.394. The number of hydrogen-bond acceptors (Lipinski definition) is 7. The maximum atomic E-state index is 13.4. The van der Waals surface area contributed by atoms with Gasteiger partial charge in [0.25, 0.3) is 0 Å². The molecular formula is C93H129F2N3O4S2. The largest absolute Gasteiger partial charge is 0.224 e. The molecule has 0 radical (unpaired) electrons. The Morgan fingerprint density at radius 2 is 0.558 bits per heavy atom. The van der Waals surface area contributed by atoms with Crippen LogP contribution in [0.1, 0.15) is 274 Å². The van der Waals surface area contributed by atoms with Gasteiger partial charge in [0.2, 0.25) is 0 Å². The lowest BCUT2D eigenvalue weighted by atomic mass is 9.83. The van der Waals surface area contributed by atoms with Gasteiger partial charge in [-0.3, -0.25) is 0 Å². The highest BCUT2D eigenvalue weighted by molar-refractivity contribution is 7.91. The quantitative estimate of drug-likeness (QED) is 0.168. The van der Waals surface area contributed by atoms with Gasteiger partial charge < -0.3 is 0 Å². The van der Waals surface area contributed by atoms with Gasteiger partial charge in [-0.25, -0.2) is 25.6 Å². The molecule has 0 spiro atoms. The van der Waals surface area contributed by atoms with Gasteiger partial charge in [0.15, 0.2) is 19.7 Å². The van der Waals surface area contributed by atoms with Crippen molar-refractivity contribution >= 4 is 19.7 Å². The summed E-state index contributed by atoms with van der Waals surface area (Å²) in [5.41, 5.74) is 18.3. The Labute approximate surface area is 632 Å². The Balaban J connectivity index is 0.00000117. The first-order chi connectivity index (χ1) is 46.5. The van der Waals surface area contributed by atoms with Gasteiger partial charge in [-0.1, -0.05) is 294 Å². The van der Waals surface area contributed by atoms with E-state index in [1.54, 1.807) is 30.3 Å². The summed E-state index contributed by atoms with van der Waals surface area (Å²) in [7, 11) is -6.28. The average Bonchev–Trinajstić information content (AvgIpc) is 0.797. The predicted octanol–water partition coefficient (Wildman–Crippen LogP) is 25.4. The summed E-state index contributed by atoms with van der Waals surface area (Å²) < 4.78 is 73.3. The Morgan fingerprint density at radius 3 is 0.817 bits per heavy atom. The molecule has 8 rings (SSSR count). The van der Waals surface area contributed by atoms with Crippen molar-refractivity contribution in [3.63, 3.8) is 0 Å². The third-order valence-electron chi connectivity index (χ3n) is 16.6.